The third-order valence-corrected chi connectivity index (χ3v) is 5.83. The molecule has 1 N–H and O–H groups in total. The molecule has 29 heavy (non-hydrogen) atoms. The standard InChI is InChI=1S/C23H28N2O3S/c26-22(24-14-13-21-6-5-17-29-21)18-28-23(27)12-9-19-7-10-20(11-8-19)25-15-3-1-2-4-16-25/h5-12,17H,1-4,13-16,18H2,(H,24,26)/b12-9+. The number of thiophene rings is 1. The van der Waals surface area contributed by atoms with Crippen LogP contribution in [0, 0.1) is 0 Å². The SMILES string of the molecule is O=C(COC(=O)/C=C/c1ccc(N2CCCCCC2)cc1)NCCc1cccs1. The van der Waals surface area contributed by atoms with Gasteiger partial charge in [-0.25, -0.2) is 4.79 Å². The van der Waals surface area contributed by atoms with Crippen molar-refractivity contribution in [3.8, 4) is 0 Å². The minimum absolute atomic E-state index is 0.262. The number of anilines is 1. The number of rotatable bonds is 8. The number of esters is 1. The van der Waals surface area contributed by atoms with Gasteiger partial charge in [-0.1, -0.05) is 31.0 Å². The van der Waals surface area contributed by atoms with Crippen LogP contribution in [0.25, 0.3) is 6.08 Å². The third kappa shape index (κ3) is 7.38. The van der Waals surface area contributed by atoms with Crippen molar-refractivity contribution in [2.75, 3.05) is 31.1 Å². The van der Waals surface area contributed by atoms with Crippen LogP contribution in [0.2, 0.25) is 0 Å². The van der Waals surface area contributed by atoms with Gasteiger partial charge in [-0.2, -0.15) is 0 Å². The fourth-order valence-corrected chi connectivity index (χ4v) is 4.01. The average Bonchev–Trinajstić information content (AvgIpc) is 3.11. The summed E-state index contributed by atoms with van der Waals surface area (Å²) in [7, 11) is 0. The molecule has 1 aliphatic rings. The predicted molar refractivity (Wildman–Crippen MR) is 118 cm³/mol. The molecule has 0 spiro atoms. The van der Waals surface area contributed by atoms with Crippen molar-refractivity contribution in [3.05, 3.63) is 58.3 Å². The zero-order valence-electron chi connectivity index (χ0n) is 16.6. The van der Waals surface area contributed by atoms with Gasteiger partial charge >= 0.3 is 5.97 Å². The van der Waals surface area contributed by atoms with E-state index in [2.05, 4.69) is 22.3 Å². The summed E-state index contributed by atoms with van der Waals surface area (Å²) >= 11 is 1.66. The molecule has 0 aliphatic carbocycles. The number of nitrogens with one attached hydrogen (secondary N) is 1. The quantitative estimate of drug-likeness (QED) is 0.525. The molecule has 1 fully saturated rings. The van der Waals surface area contributed by atoms with Gasteiger partial charge in [0, 0.05) is 36.3 Å². The Bertz CT molecular complexity index is 792. The van der Waals surface area contributed by atoms with Crippen LogP contribution in [0.4, 0.5) is 5.69 Å². The summed E-state index contributed by atoms with van der Waals surface area (Å²) in [5.41, 5.74) is 2.16. The van der Waals surface area contributed by atoms with E-state index in [4.69, 9.17) is 4.74 Å². The molecule has 1 saturated heterocycles. The van der Waals surface area contributed by atoms with Crippen LogP contribution in [0.5, 0.6) is 0 Å². The van der Waals surface area contributed by atoms with Crippen LogP contribution in [0.15, 0.2) is 47.9 Å². The molecular weight excluding hydrogens is 384 g/mol. The molecule has 1 aromatic heterocycles. The van der Waals surface area contributed by atoms with Gasteiger partial charge in [0.1, 0.15) is 0 Å². The molecule has 2 heterocycles. The van der Waals surface area contributed by atoms with Gasteiger partial charge in [0.15, 0.2) is 6.61 Å². The fourth-order valence-electron chi connectivity index (χ4n) is 3.31. The lowest BCUT2D eigenvalue weighted by molar-refractivity contribution is -0.143. The molecule has 3 rings (SSSR count). The number of benzene rings is 1. The van der Waals surface area contributed by atoms with Crippen molar-refractivity contribution in [2.45, 2.75) is 32.1 Å². The van der Waals surface area contributed by atoms with Crippen LogP contribution in [-0.2, 0) is 20.7 Å². The zero-order chi connectivity index (χ0) is 20.3. The van der Waals surface area contributed by atoms with Crippen molar-refractivity contribution in [3.63, 3.8) is 0 Å². The highest BCUT2D eigenvalue weighted by atomic mass is 32.1. The number of ether oxygens (including phenoxy) is 1. The highest BCUT2D eigenvalue weighted by Gasteiger charge is 2.09. The Morgan fingerprint density at radius 1 is 1.07 bits per heavy atom. The van der Waals surface area contributed by atoms with E-state index in [0.29, 0.717) is 6.54 Å². The van der Waals surface area contributed by atoms with E-state index in [1.807, 2.05) is 29.6 Å². The van der Waals surface area contributed by atoms with Gasteiger partial charge in [0.05, 0.1) is 0 Å². The summed E-state index contributed by atoms with van der Waals surface area (Å²) < 4.78 is 5.00. The molecule has 0 radical (unpaired) electrons. The number of hydrogen-bond donors (Lipinski definition) is 1. The molecule has 6 heteroatoms. The Balaban J connectivity index is 1.37. The first-order valence-electron chi connectivity index (χ1n) is 10.2. The normalized spacial score (nSPS) is 14.6. The van der Waals surface area contributed by atoms with E-state index in [0.717, 1.165) is 25.1 Å². The van der Waals surface area contributed by atoms with E-state index in [1.165, 1.54) is 42.3 Å². The topological polar surface area (TPSA) is 58.6 Å². The van der Waals surface area contributed by atoms with Crippen molar-refractivity contribution < 1.29 is 14.3 Å². The first-order chi connectivity index (χ1) is 14.2. The molecule has 0 saturated carbocycles. The first kappa shape index (κ1) is 21.1. The lowest BCUT2D eigenvalue weighted by atomic mass is 10.1. The Morgan fingerprint density at radius 3 is 2.52 bits per heavy atom. The Labute approximate surface area is 176 Å². The highest BCUT2D eigenvalue weighted by Crippen LogP contribution is 2.20. The minimum Gasteiger partial charge on any atom is -0.452 e. The summed E-state index contributed by atoms with van der Waals surface area (Å²) in [6.45, 7) is 2.49. The number of hydrogen-bond acceptors (Lipinski definition) is 5. The summed E-state index contributed by atoms with van der Waals surface area (Å²) in [5.74, 6) is -0.805. The summed E-state index contributed by atoms with van der Waals surface area (Å²) in [6.07, 6.45) is 8.97. The van der Waals surface area contributed by atoms with Crippen LogP contribution < -0.4 is 10.2 Å². The van der Waals surface area contributed by atoms with Gasteiger partial charge in [-0.05, 0) is 54.5 Å². The average molecular weight is 413 g/mol. The van der Waals surface area contributed by atoms with Gasteiger partial charge in [-0.3, -0.25) is 4.79 Å². The van der Waals surface area contributed by atoms with Gasteiger partial charge in [0.25, 0.3) is 5.91 Å². The van der Waals surface area contributed by atoms with E-state index in [1.54, 1.807) is 17.4 Å². The second-order valence-corrected chi connectivity index (χ2v) is 8.15. The van der Waals surface area contributed by atoms with Crippen molar-refractivity contribution in [1.82, 2.24) is 5.32 Å². The summed E-state index contributed by atoms with van der Waals surface area (Å²) in [6, 6.07) is 12.2. The lowest BCUT2D eigenvalue weighted by Gasteiger charge is -2.22. The van der Waals surface area contributed by atoms with Crippen LogP contribution in [0.3, 0.4) is 0 Å². The minimum atomic E-state index is -0.519. The van der Waals surface area contributed by atoms with E-state index in [-0.39, 0.29) is 12.5 Å². The maximum absolute atomic E-state index is 11.8. The Hall–Kier alpha value is -2.60. The van der Waals surface area contributed by atoms with E-state index < -0.39 is 5.97 Å². The van der Waals surface area contributed by atoms with E-state index >= 15 is 0 Å². The molecule has 1 amide bonds. The maximum atomic E-state index is 11.8. The number of carbonyl (C=O) groups is 2. The molecule has 5 nitrogen and oxygen atoms in total. The second kappa shape index (κ2) is 11.4. The van der Waals surface area contributed by atoms with Crippen molar-refractivity contribution in [2.24, 2.45) is 0 Å². The van der Waals surface area contributed by atoms with Crippen LogP contribution in [-0.4, -0.2) is 38.1 Å². The second-order valence-electron chi connectivity index (χ2n) is 7.11. The van der Waals surface area contributed by atoms with Crippen molar-refractivity contribution in [1.29, 1.82) is 0 Å². The zero-order valence-corrected chi connectivity index (χ0v) is 17.5. The fraction of sp³-hybridized carbons (Fsp3) is 0.391. The molecule has 0 unspecified atom stereocenters. The van der Waals surface area contributed by atoms with Crippen molar-refractivity contribution >= 4 is 35.0 Å². The molecule has 154 valence electrons. The smallest absolute Gasteiger partial charge is 0.331 e. The molecule has 2 aromatic rings. The maximum Gasteiger partial charge on any atom is 0.331 e. The van der Waals surface area contributed by atoms with E-state index in [9.17, 15) is 9.59 Å². The monoisotopic (exact) mass is 412 g/mol. The highest BCUT2D eigenvalue weighted by molar-refractivity contribution is 7.09. The lowest BCUT2D eigenvalue weighted by Crippen LogP contribution is -2.30. The molecule has 1 aromatic carbocycles. The first-order valence-corrected chi connectivity index (χ1v) is 11.1. The van der Waals surface area contributed by atoms with Gasteiger partial charge < -0.3 is 15.0 Å². The largest absolute Gasteiger partial charge is 0.452 e. The summed E-state index contributed by atoms with van der Waals surface area (Å²) in [5, 5.41) is 4.76. The number of nitrogens with zero attached hydrogens (tertiary/aromatic N) is 1. The van der Waals surface area contributed by atoms with Gasteiger partial charge in [-0.15, -0.1) is 11.3 Å². The van der Waals surface area contributed by atoms with Crippen LogP contribution in [0.1, 0.15) is 36.1 Å². The summed E-state index contributed by atoms with van der Waals surface area (Å²) in [4.78, 5) is 27.2. The molecular formula is C23H28N2O3S. The van der Waals surface area contributed by atoms with Gasteiger partial charge in [0.2, 0.25) is 0 Å². The van der Waals surface area contributed by atoms with Crippen LogP contribution >= 0.6 is 11.3 Å². The molecule has 0 bridgehead atoms. The Kier molecular flexibility index (Phi) is 8.31. The Morgan fingerprint density at radius 2 is 1.83 bits per heavy atom. The third-order valence-electron chi connectivity index (χ3n) is 4.90. The molecule has 1 aliphatic heterocycles. The number of carbonyl (C=O) groups excluding carboxylic acids is 2. The molecule has 0 atom stereocenters. The predicted octanol–water partition coefficient (Wildman–Crippen LogP) is 4.04. The number of amides is 1.